The van der Waals surface area contributed by atoms with E-state index in [2.05, 4.69) is 47.2 Å². The van der Waals surface area contributed by atoms with Gasteiger partial charge in [0, 0.05) is 30.7 Å². The lowest BCUT2D eigenvalue weighted by Crippen LogP contribution is -2.22. The smallest absolute Gasteiger partial charge is 0.128 e. The van der Waals surface area contributed by atoms with Crippen LogP contribution in [0.1, 0.15) is 24.3 Å². The number of rotatable bonds is 6. The molecule has 3 nitrogen and oxygen atoms in total. The number of hydrogen-bond donors (Lipinski definition) is 1. The van der Waals surface area contributed by atoms with Gasteiger partial charge in [-0.1, -0.05) is 31.5 Å². The van der Waals surface area contributed by atoms with E-state index in [9.17, 15) is 0 Å². The molecule has 1 N–H and O–H groups in total. The third kappa shape index (κ3) is 4.47. The zero-order chi connectivity index (χ0) is 14.5. The number of thiophene rings is 1. The highest BCUT2D eigenvalue weighted by Crippen LogP contribution is 2.23. The maximum Gasteiger partial charge on any atom is 0.128 e. The largest absolute Gasteiger partial charge is 0.355 e. The van der Waals surface area contributed by atoms with E-state index >= 15 is 0 Å². The number of pyridine rings is 1. The molecule has 5 heteroatoms. The SMILES string of the molecule is CC(C)NCc1ccc(N(C)Cc2ccc(Cl)s2)nc1. The molecular formula is C15H20ClN3S. The molecule has 2 aromatic heterocycles. The van der Waals surface area contributed by atoms with Crippen LogP contribution >= 0.6 is 22.9 Å². The van der Waals surface area contributed by atoms with Gasteiger partial charge < -0.3 is 10.2 Å². The van der Waals surface area contributed by atoms with Crippen LogP contribution in [-0.2, 0) is 13.1 Å². The Bertz CT molecular complexity index is 536. The Kier molecular flexibility index (Phi) is 5.40. The lowest BCUT2D eigenvalue weighted by atomic mass is 10.2. The number of nitrogens with zero attached hydrogens (tertiary/aromatic N) is 2. The molecular weight excluding hydrogens is 290 g/mol. The van der Waals surface area contributed by atoms with Crippen molar-refractivity contribution in [2.75, 3.05) is 11.9 Å². The van der Waals surface area contributed by atoms with Crippen molar-refractivity contribution >= 4 is 28.8 Å². The molecule has 0 fully saturated rings. The van der Waals surface area contributed by atoms with Crippen LogP contribution in [-0.4, -0.2) is 18.1 Å². The van der Waals surface area contributed by atoms with E-state index in [0.717, 1.165) is 23.2 Å². The van der Waals surface area contributed by atoms with Gasteiger partial charge in [0.2, 0.25) is 0 Å². The second-order valence-electron chi connectivity index (χ2n) is 5.12. The number of halogens is 1. The Morgan fingerprint density at radius 1 is 1.30 bits per heavy atom. The van der Waals surface area contributed by atoms with E-state index < -0.39 is 0 Å². The molecule has 0 saturated heterocycles. The van der Waals surface area contributed by atoms with Crippen LogP contribution in [0.3, 0.4) is 0 Å². The molecule has 0 spiro atoms. The first-order chi connectivity index (χ1) is 9.54. The van der Waals surface area contributed by atoms with Crippen LogP contribution in [0.25, 0.3) is 0 Å². The second-order valence-corrected chi connectivity index (χ2v) is 6.92. The molecule has 0 aromatic carbocycles. The van der Waals surface area contributed by atoms with Crippen molar-refractivity contribution in [3.63, 3.8) is 0 Å². The number of hydrogen-bond acceptors (Lipinski definition) is 4. The first kappa shape index (κ1) is 15.3. The highest BCUT2D eigenvalue weighted by atomic mass is 35.5. The van der Waals surface area contributed by atoms with Crippen molar-refractivity contribution in [2.24, 2.45) is 0 Å². The summed E-state index contributed by atoms with van der Waals surface area (Å²) in [6.45, 7) is 5.96. The van der Waals surface area contributed by atoms with Gasteiger partial charge in [-0.3, -0.25) is 0 Å². The fourth-order valence-electron chi connectivity index (χ4n) is 1.82. The number of anilines is 1. The highest BCUT2D eigenvalue weighted by molar-refractivity contribution is 7.16. The normalized spacial score (nSPS) is 11.1. The Labute approximate surface area is 129 Å². The van der Waals surface area contributed by atoms with Crippen molar-refractivity contribution in [2.45, 2.75) is 33.0 Å². The van der Waals surface area contributed by atoms with Crippen LogP contribution in [0.15, 0.2) is 30.5 Å². The summed E-state index contributed by atoms with van der Waals surface area (Å²) in [7, 11) is 2.04. The van der Waals surface area contributed by atoms with Crippen LogP contribution in [0.2, 0.25) is 4.34 Å². The van der Waals surface area contributed by atoms with Gasteiger partial charge in [0.05, 0.1) is 10.9 Å². The summed E-state index contributed by atoms with van der Waals surface area (Å²) in [5, 5.41) is 3.39. The standard InChI is InChI=1S/C15H20ClN3S/c1-11(2)17-8-12-4-7-15(18-9-12)19(3)10-13-5-6-14(16)20-13/h4-7,9,11,17H,8,10H2,1-3H3. The second kappa shape index (κ2) is 7.07. The third-order valence-electron chi connectivity index (χ3n) is 2.94. The fraction of sp³-hybridized carbons (Fsp3) is 0.400. The Balaban J connectivity index is 1.94. The Hall–Kier alpha value is -1.10. The molecule has 108 valence electrons. The van der Waals surface area contributed by atoms with Crippen LogP contribution in [0, 0.1) is 0 Å². The quantitative estimate of drug-likeness (QED) is 0.876. The summed E-state index contributed by atoms with van der Waals surface area (Å²) < 4.78 is 0.830. The average molecular weight is 310 g/mol. The predicted molar refractivity (Wildman–Crippen MR) is 87.6 cm³/mol. The molecule has 0 unspecified atom stereocenters. The van der Waals surface area contributed by atoms with Gasteiger partial charge in [-0.05, 0) is 23.8 Å². The van der Waals surface area contributed by atoms with Gasteiger partial charge in [-0.15, -0.1) is 11.3 Å². The van der Waals surface area contributed by atoms with Gasteiger partial charge in [0.15, 0.2) is 0 Å². The minimum absolute atomic E-state index is 0.487. The number of nitrogens with one attached hydrogen (secondary N) is 1. The van der Waals surface area contributed by atoms with Crippen LogP contribution in [0.4, 0.5) is 5.82 Å². The Morgan fingerprint density at radius 3 is 2.65 bits per heavy atom. The molecule has 0 radical (unpaired) electrons. The minimum atomic E-state index is 0.487. The van der Waals surface area contributed by atoms with Gasteiger partial charge >= 0.3 is 0 Å². The molecule has 0 saturated carbocycles. The highest BCUT2D eigenvalue weighted by Gasteiger charge is 2.06. The molecule has 0 bridgehead atoms. The maximum atomic E-state index is 5.95. The zero-order valence-electron chi connectivity index (χ0n) is 12.1. The summed E-state index contributed by atoms with van der Waals surface area (Å²) in [5.41, 5.74) is 1.20. The van der Waals surface area contributed by atoms with Crippen molar-refractivity contribution < 1.29 is 0 Å². The van der Waals surface area contributed by atoms with Crippen LogP contribution < -0.4 is 10.2 Å². The van der Waals surface area contributed by atoms with Gasteiger partial charge in [-0.2, -0.15) is 0 Å². The molecule has 20 heavy (non-hydrogen) atoms. The Morgan fingerprint density at radius 2 is 2.10 bits per heavy atom. The van der Waals surface area contributed by atoms with Crippen molar-refractivity contribution in [3.05, 3.63) is 45.2 Å². The molecule has 2 aromatic rings. The van der Waals surface area contributed by atoms with Crippen molar-refractivity contribution in [1.82, 2.24) is 10.3 Å². The van der Waals surface area contributed by atoms with Gasteiger partial charge in [-0.25, -0.2) is 4.98 Å². The summed E-state index contributed by atoms with van der Waals surface area (Å²) >= 11 is 7.56. The lowest BCUT2D eigenvalue weighted by Gasteiger charge is -2.17. The van der Waals surface area contributed by atoms with E-state index in [0.29, 0.717) is 6.04 Å². The predicted octanol–water partition coefficient (Wildman–Crippen LogP) is 3.93. The van der Waals surface area contributed by atoms with Crippen molar-refractivity contribution in [3.8, 4) is 0 Å². The van der Waals surface area contributed by atoms with Gasteiger partial charge in [0.1, 0.15) is 5.82 Å². The summed E-state index contributed by atoms with van der Waals surface area (Å²) in [4.78, 5) is 7.88. The van der Waals surface area contributed by atoms with E-state index in [1.807, 2.05) is 19.3 Å². The van der Waals surface area contributed by atoms with E-state index in [4.69, 9.17) is 11.6 Å². The van der Waals surface area contributed by atoms with Crippen LogP contribution in [0.5, 0.6) is 0 Å². The topological polar surface area (TPSA) is 28.2 Å². The summed E-state index contributed by atoms with van der Waals surface area (Å²) in [6.07, 6.45) is 1.93. The van der Waals surface area contributed by atoms with Gasteiger partial charge in [0.25, 0.3) is 0 Å². The minimum Gasteiger partial charge on any atom is -0.355 e. The summed E-state index contributed by atoms with van der Waals surface area (Å²) in [5.74, 6) is 0.975. The van der Waals surface area contributed by atoms with E-state index in [-0.39, 0.29) is 0 Å². The van der Waals surface area contributed by atoms with E-state index in [1.165, 1.54) is 10.4 Å². The monoisotopic (exact) mass is 309 g/mol. The average Bonchev–Trinajstić information content (AvgIpc) is 2.82. The zero-order valence-corrected chi connectivity index (χ0v) is 13.6. The third-order valence-corrected chi connectivity index (χ3v) is 4.15. The fourth-order valence-corrected chi connectivity index (χ4v) is 2.96. The first-order valence-corrected chi connectivity index (χ1v) is 7.87. The summed E-state index contributed by atoms with van der Waals surface area (Å²) in [6, 6.07) is 8.66. The molecule has 0 amide bonds. The van der Waals surface area contributed by atoms with E-state index in [1.54, 1.807) is 11.3 Å². The number of aromatic nitrogens is 1. The lowest BCUT2D eigenvalue weighted by molar-refractivity contribution is 0.588. The molecule has 0 atom stereocenters. The molecule has 2 heterocycles. The van der Waals surface area contributed by atoms with Crippen molar-refractivity contribution in [1.29, 1.82) is 0 Å². The first-order valence-electron chi connectivity index (χ1n) is 6.68. The molecule has 0 aliphatic rings. The molecule has 2 rings (SSSR count). The molecule has 0 aliphatic heterocycles. The maximum absolute atomic E-state index is 5.95. The molecule has 0 aliphatic carbocycles.